The number of rotatable bonds is 5. The standard InChI is InChI=1S/C18H18FN3O5S/c19-16-8-7-14(22(24)25)12-17(16)20-18(23)13-5-4-6-15(11-13)28(26,27)21-9-2-1-3-10-21/h4-8,11-12H,1-3,9-10H2,(H,20,23). The lowest BCUT2D eigenvalue weighted by molar-refractivity contribution is -0.384. The Morgan fingerprint density at radius 3 is 2.50 bits per heavy atom. The molecule has 1 fully saturated rings. The molecule has 28 heavy (non-hydrogen) atoms. The Bertz CT molecular complexity index is 1020. The second-order valence-electron chi connectivity index (χ2n) is 6.37. The van der Waals surface area contributed by atoms with E-state index in [1.807, 2.05) is 0 Å². The van der Waals surface area contributed by atoms with Crippen LogP contribution >= 0.6 is 0 Å². The van der Waals surface area contributed by atoms with Crippen LogP contribution in [0.15, 0.2) is 47.4 Å². The van der Waals surface area contributed by atoms with E-state index in [2.05, 4.69) is 5.32 Å². The molecule has 1 aliphatic heterocycles. The normalized spacial score (nSPS) is 15.2. The first-order valence-corrected chi connectivity index (χ1v) is 10.1. The van der Waals surface area contributed by atoms with Gasteiger partial charge in [0.05, 0.1) is 15.5 Å². The fourth-order valence-corrected chi connectivity index (χ4v) is 4.53. The maximum Gasteiger partial charge on any atom is 0.271 e. The van der Waals surface area contributed by atoms with E-state index in [4.69, 9.17) is 0 Å². The summed E-state index contributed by atoms with van der Waals surface area (Å²) in [5.41, 5.74) is -0.731. The molecule has 3 rings (SSSR count). The van der Waals surface area contributed by atoms with Crippen molar-refractivity contribution >= 4 is 27.3 Å². The summed E-state index contributed by atoms with van der Waals surface area (Å²) in [6.07, 6.45) is 2.54. The van der Waals surface area contributed by atoms with Crippen LogP contribution in [0.25, 0.3) is 0 Å². The predicted molar refractivity (Wildman–Crippen MR) is 100 cm³/mol. The number of benzene rings is 2. The number of carbonyl (C=O) groups excluding carboxylic acids is 1. The van der Waals surface area contributed by atoms with Crippen molar-refractivity contribution in [3.8, 4) is 0 Å². The number of non-ortho nitro benzene ring substituents is 1. The van der Waals surface area contributed by atoms with Crippen molar-refractivity contribution in [2.24, 2.45) is 0 Å². The van der Waals surface area contributed by atoms with Crippen molar-refractivity contribution in [1.29, 1.82) is 0 Å². The minimum absolute atomic E-state index is 0.00369. The molecule has 148 valence electrons. The summed E-state index contributed by atoms with van der Waals surface area (Å²) in [4.78, 5) is 22.5. The average molecular weight is 407 g/mol. The van der Waals surface area contributed by atoms with Gasteiger partial charge in [-0.15, -0.1) is 0 Å². The van der Waals surface area contributed by atoms with E-state index in [9.17, 15) is 27.7 Å². The van der Waals surface area contributed by atoms with Crippen LogP contribution in [0, 0.1) is 15.9 Å². The number of nitrogens with zero attached hydrogens (tertiary/aromatic N) is 2. The first kappa shape index (κ1) is 19.9. The van der Waals surface area contributed by atoms with Crippen LogP contribution in [-0.4, -0.2) is 36.6 Å². The van der Waals surface area contributed by atoms with Gasteiger partial charge in [-0.25, -0.2) is 12.8 Å². The lowest BCUT2D eigenvalue weighted by Gasteiger charge is -2.26. The number of amides is 1. The summed E-state index contributed by atoms with van der Waals surface area (Å²) in [5, 5.41) is 13.1. The van der Waals surface area contributed by atoms with E-state index >= 15 is 0 Å². The second-order valence-corrected chi connectivity index (χ2v) is 8.31. The van der Waals surface area contributed by atoms with Crippen LogP contribution in [0.5, 0.6) is 0 Å². The molecule has 2 aromatic carbocycles. The third-order valence-corrected chi connectivity index (χ3v) is 6.35. The Morgan fingerprint density at radius 2 is 1.82 bits per heavy atom. The minimum atomic E-state index is -3.73. The van der Waals surface area contributed by atoms with Crippen molar-refractivity contribution in [3.05, 3.63) is 64.0 Å². The highest BCUT2D eigenvalue weighted by Gasteiger charge is 2.26. The van der Waals surface area contributed by atoms with Crippen molar-refractivity contribution in [2.45, 2.75) is 24.2 Å². The molecule has 0 aliphatic carbocycles. The molecular formula is C18H18FN3O5S. The van der Waals surface area contributed by atoms with Crippen LogP contribution in [0.3, 0.4) is 0 Å². The van der Waals surface area contributed by atoms with Crippen molar-refractivity contribution in [1.82, 2.24) is 4.31 Å². The van der Waals surface area contributed by atoms with E-state index in [1.165, 1.54) is 28.6 Å². The van der Waals surface area contributed by atoms with Gasteiger partial charge in [-0.05, 0) is 37.1 Å². The summed E-state index contributed by atoms with van der Waals surface area (Å²) < 4.78 is 40.8. The van der Waals surface area contributed by atoms with E-state index in [1.54, 1.807) is 0 Å². The molecule has 1 N–H and O–H groups in total. The Kier molecular flexibility index (Phi) is 5.71. The number of anilines is 1. The molecule has 0 bridgehead atoms. The zero-order valence-electron chi connectivity index (χ0n) is 14.8. The Balaban J connectivity index is 1.85. The van der Waals surface area contributed by atoms with Crippen LogP contribution in [0.4, 0.5) is 15.8 Å². The molecule has 2 aromatic rings. The molecule has 8 nitrogen and oxygen atoms in total. The fourth-order valence-electron chi connectivity index (χ4n) is 2.97. The lowest BCUT2D eigenvalue weighted by Crippen LogP contribution is -2.35. The van der Waals surface area contributed by atoms with Gasteiger partial charge in [0.2, 0.25) is 10.0 Å². The number of hydrogen-bond acceptors (Lipinski definition) is 5. The Morgan fingerprint density at radius 1 is 1.11 bits per heavy atom. The second kappa shape index (κ2) is 8.03. The van der Waals surface area contributed by atoms with Crippen LogP contribution < -0.4 is 5.32 Å². The number of piperidine rings is 1. The number of nitrogens with one attached hydrogen (secondary N) is 1. The van der Waals surface area contributed by atoms with Gasteiger partial charge in [0, 0.05) is 30.8 Å². The molecular weight excluding hydrogens is 389 g/mol. The van der Waals surface area contributed by atoms with Gasteiger partial charge in [0.15, 0.2) is 0 Å². The number of hydrogen-bond donors (Lipinski definition) is 1. The summed E-state index contributed by atoms with van der Waals surface area (Å²) in [6.45, 7) is 0.856. The van der Waals surface area contributed by atoms with Crippen LogP contribution in [0.2, 0.25) is 0 Å². The van der Waals surface area contributed by atoms with Crippen LogP contribution in [-0.2, 0) is 10.0 Å². The number of nitro groups is 1. The van der Waals surface area contributed by atoms with E-state index in [0.717, 1.165) is 37.5 Å². The predicted octanol–water partition coefficient (Wildman–Crippen LogP) is 3.16. The summed E-state index contributed by atoms with van der Waals surface area (Å²) in [7, 11) is -3.73. The molecule has 1 amide bonds. The van der Waals surface area contributed by atoms with Gasteiger partial charge in [-0.2, -0.15) is 4.31 Å². The summed E-state index contributed by atoms with van der Waals surface area (Å²) in [6, 6.07) is 8.20. The highest BCUT2D eigenvalue weighted by molar-refractivity contribution is 7.89. The van der Waals surface area contributed by atoms with Crippen LogP contribution in [0.1, 0.15) is 29.6 Å². The zero-order valence-corrected chi connectivity index (χ0v) is 15.6. The SMILES string of the molecule is O=C(Nc1cc([N+](=O)[O-])ccc1F)c1cccc(S(=O)(=O)N2CCCCC2)c1. The average Bonchev–Trinajstić information content (AvgIpc) is 2.70. The molecule has 1 aliphatic rings. The molecule has 10 heteroatoms. The Labute approximate surface area is 161 Å². The van der Waals surface area contributed by atoms with Crippen molar-refractivity contribution < 1.29 is 22.5 Å². The number of sulfonamides is 1. The highest BCUT2D eigenvalue weighted by atomic mass is 32.2. The van der Waals surface area contributed by atoms with Crippen molar-refractivity contribution in [3.63, 3.8) is 0 Å². The topological polar surface area (TPSA) is 110 Å². The largest absolute Gasteiger partial charge is 0.319 e. The Hall–Kier alpha value is -2.85. The van der Waals surface area contributed by atoms with Gasteiger partial charge in [-0.1, -0.05) is 12.5 Å². The van der Waals surface area contributed by atoms with E-state index < -0.39 is 26.7 Å². The van der Waals surface area contributed by atoms with Gasteiger partial charge in [0.25, 0.3) is 11.6 Å². The minimum Gasteiger partial charge on any atom is -0.319 e. The molecule has 0 spiro atoms. The fraction of sp³-hybridized carbons (Fsp3) is 0.278. The molecule has 0 saturated carbocycles. The van der Waals surface area contributed by atoms with E-state index in [0.29, 0.717) is 13.1 Å². The zero-order chi connectivity index (χ0) is 20.3. The van der Waals surface area contributed by atoms with Gasteiger partial charge < -0.3 is 5.32 Å². The first-order chi connectivity index (χ1) is 13.3. The molecule has 0 atom stereocenters. The number of nitro benzene ring substituents is 1. The molecule has 0 aromatic heterocycles. The number of carbonyl (C=O) groups is 1. The molecule has 0 radical (unpaired) electrons. The third-order valence-electron chi connectivity index (χ3n) is 4.46. The molecule has 0 unspecified atom stereocenters. The lowest BCUT2D eigenvalue weighted by atomic mass is 10.2. The smallest absolute Gasteiger partial charge is 0.271 e. The monoisotopic (exact) mass is 407 g/mol. The maximum atomic E-state index is 13.9. The van der Waals surface area contributed by atoms with E-state index in [-0.39, 0.29) is 21.8 Å². The first-order valence-electron chi connectivity index (χ1n) is 8.64. The third kappa shape index (κ3) is 4.18. The maximum absolute atomic E-state index is 13.9. The highest BCUT2D eigenvalue weighted by Crippen LogP contribution is 2.24. The quantitative estimate of drug-likeness (QED) is 0.605. The molecule has 1 heterocycles. The summed E-state index contributed by atoms with van der Waals surface area (Å²) >= 11 is 0. The molecule has 1 saturated heterocycles. The van der Waals surface area contributed by atoms with Gasteiger partial charge in [0.1, 0.15) is 5.82 Å². The summed E-state index contributed by atoms with van der Waals surface area (Å²) in [5.74, 6) is -1.61. The van der Waals surface area contributed by atoms with Crippen molar-refractivity contribution in [2.75, 3.05) is 18.4 Å². The van der Waals surface area contributed by atoms with Gasteiger partial charge >= 0.3 is 0 Å². The number of halogens is 1. The van der Waals surface area contributed by atoms with Gasteiger partial charge in [-0.3, -0.25) is 14.9 Å².